The highest BCUT2D eigenvalue weighted by molar-refractivity contribution is 5.22. The summed E-state index contributed by atoms with van der Waals surface area (Å²) in [6.45, 7) is 10.9. The minimum absolute atomic E-state index is 0.171. The number of likely N-dealkylation sites (tertiary alicyclic amines) is 1. The Labute approximate surface area is 129 Å². The van der Waals surface area contributed by atoms with E-state index in [0.29, 0.717) is 6.10 Å². The van der Waals surface area contributed by atoms with Crippen LogP contribution in [-0.4, -0.2) is 36.7 Å². The normalized spacial score (nSPS) is 18.1. The van der Waals surface area contributed by atoms with E-state index in [9.17, 15) is 0 Å². The number of methoxy groups -OCH3 is 1. The monoisotopic (exact) mass is 290 g/mol. The fourth-order valence-electron chi connectivity index (χ4n) is 2.69. The largest absolute Gasteiger partial charge is 0.381 e. The van der Waals surface area contributed by atoms with Crippen molar-refractivity contribution in [1.82, 2.24) is 10.2 Å². The second-order valence-corrected chi connectivity index (χ2v) is 7.13. The van der Waals surface area contributed by atoms with Gasteiger partial charge in [0, 0.05) is 38.8 Å². The number of nitrogens with zero attached hydrogens (tertiary/aromatic N) is 1. The molecule has 0 amide bonds. The van der Waals surface area contributed by atoms with Gasteiger partial charge in [-0.15, -0.1) is 0 Å². The summed E-state index contributed by atoms with van der Waals surface area (Å²) in [4.78, 5) is 2.53. The fraction of sp³-hybridized carbons (Fsp3) is 0.667. The quantitative estimate of drug-likeness (QED) is 0.901. The summed E-state index contributed by atoms with van der Waals surface area (Å²) in [5, 5.41) is 3.53. The van der Waals surface area contributed by atoms with Gasteiger partial charge in [-0.05, 0) is 44.7 Å². The Morgan fingerprint density at radius 2 is 1.67 bits per heavy atom. The van der Waals surface area contributed by atoms with Crippen LogP contribution in [0.1, 0.15) is 44.7 Å². The van der Waals surface area contributed by atoms with Gasteiger partial charge in [-0.3, -0.25) is 4.90 Å². The minimum Gasteiger partial charge on any atom is -0.381 e. The summed E-state index contributed by atoms with van der Waals surface area (Å²) < 4.78 is 5.43. The van der Waals surface area contributed by atoms with E-state index in [0.717, 1.165) is 39.0 Å². The number of piperidine rings is 1. The molecule has 1 fully saturated rings. The second-order valence-electron chi connectivity index (χ2n) is 7.13. The van der Waals surface area contributed by atoms with E-state index in [1.807, 2.05) is 7.11 Å². The molecule has 0 saturated carbocycles. The van der Waals surface area contributed by atoms with Gasteiger partial charge in [0.15, 0.2) is 0 Å². The zero-order valence-electron chi connectivity index (χ0n) is 14.0. The van der Waals surface area contributed by atoms with Gasteiger partial charge in [0.1, 0.15) is 0 Å². The highest BCUT2D eigenvalue weighted by atomic mass is 16.5. The van der Waals surface area contributed by atoms with E-state index in [1.54, 1.807) is 0 Å². The van der Waals surface area contributed by atoms with Crippen molar-refractivity contribution in [3.8, 4) is 0 Å². The molecule has 1 aliphatic rings. The average molecular weight is 290 g/mol. The van der Waals surface area contributed by atoms with Crippen molar-refractivity contribution in [2.45, 2.75) is 58.3 Å². The maximum atomic E-state index is 5.43. The van der Waals surface area contributed by atoms with E-state index >= 15 is 0 Å². The molecule has 1 N–H and O–H groups in total. The predicted octanol–water partition coefficient (Wildman–Crippen LogP) is 3.19. The molecule has 1 aromatic rings. The number of rotatable bonds is 5. The Hall–Kier alpha value is -0.900. The first-order valence-electron chi connectivity index (χ1n) is 8.04. The zero-order chi connectivity index (χ0) is 15.3. The summed E-state index contributed by atoms with van der Waals surface area (Å²) in [5.41, 5.74) is 2.93. The molecule has 0 aromatic heterocycles. The number of hydrogen-bond donors (Lipinski definition) is 1. The van der Waals surface area contributed by atoms with Crippen LogP contribution in [0.5, 0.6) is 0 Å². The van der Waals surface area contributed by atoms with E-state index in [2.05, 4.69) is 55.3 Å². The van der Waals surface area contributed by atoms with Crippen LogP contribution in [0.25, 0.3) is 0 Å². The fourth-order valence-corrected chi connectivity index (χ4v) is 2.69. The molecule has 3 nitrogen and oxygen atoms in total. The van der Waals surface area contributed by atoms with E-state index in [4.69, 9.17) is 4.74 Å². The van der Waals surface area contributed by atoms with Gasteiger partial charge in [-0.1, -0.05) is 24.3 Å². The van der Waals surface area contributed by atoms with E-state index in [1.165, 1.54) is 11.1 Å². The molecule has 0 radical (unpaired) electrons. The Bertz CT molecular complexity index is 414. The molecule has 1 aliphatic heterocycles. The molecular weight excluding hydrogens is 260 g/mol. The van der Waals surface area contributed by atoms with Crippen molar-refractivity contribution in [2.24, 2.45) is 0 Å². The topological polar surface area (TPSA) is 24.5 Å². The maximum absolute atomic E-state index is 5.43. The van der Waals surface area contributed by atoms with Gasteiger partial charge in [-0.2, -0.15) is 0 Å². The maximum Gasteiger partial charge on any atom is 0.0595 e. The third-order valence-corrected chi connectivity index (χ3v) is 4.12. The molecule has 1 aromatic carbocycles. The molecule has 1 saturated heterocycles. The van der Waals surface area contributed by atoms with Crippen molar-refractivity contribution in [3.63, 3.8) is 0 Å². The number of benzene rings is 1. The van der Waals surface area contributed by atoms with Gasteiger partial charge in [0.25, 0.3) is 0 Å². The zero-order valence-corrected chi connectivity index (χ0v) is 14.0. The lowest BCUT2D eigenvalue weighted by Gasteiger charge is -2.31. The van der Waals surface area contributed by atoms with Crippen LogP contribution in [0.2, 0.25) is 0 Å². The van der Waals surface area contributed by atoms with Crippen LogP contribution in [0.3, 0.4) is 0 Å². The molecule has 3 heteroatoms. The predicted molar refractivity (Wildman–Crippen MR) is 88.3 cm³/mol. The Morgan fingerprint density at radius 3 is 2.19 bits per heavy atom. The smallest absolute Gasteiger partial charge is 0.0595 e. The molecule has 118 valence electrons. The summed E-state index contributed by atoms with van der Waals surface area (Å²) in [6.07, 6.45) is 2.78. The first-order valence-corrected chi connectivity index (χ1v) is 8.04. The molecule has 21 heavy (non-hydrogen) atoms. The van der Waals surface area contributed by atoms with Crippen molar-refractivity contribution < 1.29 is 4.74 Å². The highest BCUT2D eigenvalue weighted by Gasteiger charge is 2.18. The van der Waals surface area contributed by atoms with Crippen LogP contribution >= 0.6 is 0 Å². The van der Waals surface area contributed by atoms with E-state index in [-0.39, 0.29) is 5.54 Å². The third-order valence-electron chi connectivity index (χ3n) is 4.12. The summed E-state index contributed by atoms with van der Waals surface area (Å²) in [6, 6.07) is 9.02. The summed E-state index contributed by atoms with van der Waals surface area (Å²) >= 11 is 0. The van der Waals surface area contributed by atoms with Crippen LogP contribution in [0.4, 0.5) is 0 Å². The number of ether oxygens (including phenoxy) is 1. The molecule has 0 spiro atoms. The van der Waals surface area contributed by atoms with Crippen LogP contribution < -0.4 is 5.32 Å². The van der Waals surface area contributed by atoms with Gasteiger partial charge in [0.2, 0.25) is 0 Å². The molecule has 2 rings (SSSR count). The van der Waals surface area contributed by atoms with Crippen molar-refractivity contribution in [3.05, 3.63) is 35.4 Å². The van der Waals surface area contributed by atoms with Gasteiger partial charge < -0.3 is 10.1 Å². The lowest BCUT2D eigenvalue weighted by molar-refractivity contribution is 0.0388. The van der Waals surface area contributed by atoms with E-state index < -0.39 is 0 Å². The Balaban J connectivity index is 1.80. The molecule has 0 bridgehead atoms. The van der Waals surface area contributed by atoms with Crippen molar-refractivity contribution in [1.29, 1.82) is 0 Å². The number of hydrogen-bond acceptors (Lipinski definition) is 3. The second kappa shape index (κ2) is 7.39. The molecule has 1 heterocycles. The Kier molecular flexibility index (Phi) is 5.80. The summed E-state index contributed by atoms with van der Waals surface area (Å²) in [7, 11) is 1.82. The average Bonchev–Trinajstić information content (AvgIpc) is 2.46. The van der Waals surface area contributed by atoms with Gasteiger partial charge >= 0.3 is 0 Å². The highest BCUT2D eigenvalue weighted by Crippen LogP contribution is 2.16. The van der Waals surface area contributed by atoms with Crippen molar-refractivity contribution >= 4 is 0 Å². The number of nitrogens with one attached hydrogen (secondary N) is 1. The van der Waals surface area contributed by atoms with Gasteiger partial charge in [-0.25, -0.2) is 0 Å². The first-order chi connectivity index (χ1) is 9.96. The lowest BCUT2D eigenvalue weighted by Crippen LogP contribution is -2.36. The SMILES string of the molecule is COC1CCN(Cc2ccc(CNC(C)(C)C)cc2)CC1. The molecule has 0 atom stereocenters. The first kappa shape index (κ1) is 16.5. The van der Waals surface area contributed by atoms with Crippen LogP contribution in [0, 0.1) is 0 Å². The minimum atomic E-state index is 0.171. The molecule has 0 aliphatic carbocycles. The van der Waals surface area contributed by atoms with Crippen molar-refractivity contribution in [2.75, 3.05) is 20.2 Å². The van der Waals surface area contributed by atoms with Crippen LogP contribution in [-0.2, 0) is 17.8 Å². The standard InChI is InChI=1S/C18H30N2O/c1-18(2,3)19-13-15-5-7-16(8-6-15)14-20-11-9-17(21-4)10-12-20/h5-8,17,19H,9-14H2,1-4H3. The Morgan fingerprint density at radius 1 is 1.10 bits per heavy atom. The third kappa shape index (κ3) is 5.77. The molecular formula is C18H30N2O. The van der Waals surface area contributed by atoms with Crippen LogP contribution in [0.15, 0.2) is 24.3 Å². The lowest BCUT2D eigenvalue weighted by atomic mass is 10.1. The summed E-state index contributed by atoms with van der Waals surface area (Å²) in [5.74, 6) is 0. The molecule has 0 unspecified atom stereocenters. The van der Waals surface area contributed by atoms with Gasteiger partial charge in [0.05, 0.1) is 6.10 Å².